The molecule has 1 rings (SSSR count). The zero-order chi connectivity index (χ0) is 11.6. The number of nitrogens with two attached hydrogens (primary N) is 1. The zero-order valence-electron chi connectivity index (χ0n) is 9.91. The quantitative estimate of drug-likeness (QED) is 0.800. The van der Waals surface area contributed by atoms with Crippen molar-refractivity contribution in [1.82, 2.24) is 4.98 Å². The molecule has 1 aromatic heterocycles. The minimum atomic E-state index is -0.906. The van der Waals surface area contributed by atoms with Gasteiger partial charge in [0.2, 0.25) is 0 Å². The Morgan fingerprint density at radius 3 is 2.67 bits per heavy atom. The number of aromatic nitrogens is 1. The maximum absolute atomic E-state index is 10.5. The van der Waals surface area contributed by atoms with E-state index in [4.69, 9.17) is 5.73 Å². The van der Waals surface area contributed by atoms with Gasteiger partial charge in [0.25, 0.3) is 0 Å². The average Bonchev–Trinajstić information content (AvgIpc) is 2.15. The molecule has 0 saturated heterocycles. The van der Waals surface area contributed by atoms with E-state index >= 15 is 0 Å². The smallest absolute Gasteiger partial charge is 0.129 e. The van der Waals surface area contributed by atoms with Crippen molar-refractivity contribution >= 4 is 5.82 Å². The lowest BCUT2D eigenvalue weighted by molar-refractivity contribution is -0.0000581. The van der Waals surface area contributed by atoms with E-state index < -0.39 is 5.60 Å². The Morgan fingerprint density at radius 2 is 2.20 bits per heavy atom. The normalized spacial score (nSPS) is 17.1. The predicted octanol–water partition coefficient (Wildman–Crippen LogP) is 2.23. The van der Waals surface area contributed by atoms with Crippen molar-refractivity contribution in [3.63, 3.8) is 0 Å². The van der Waals surface area contributed by atoms with Crippen LogP contribution in [-0.4, -0.2) is 10.1 Å². The highest BCUT2D eigenvalue weighted by atomic mass is 16.3. The number of aryl methyl sites for hydroxylation is 1. The lowest BCUT2D eigenvalue weighted by Crippen LogP contribution is -2.31. The van der Waals surface area contributed by atoms with Gasteiger partial charge in [0, 0.05) is 11.8 Å². The summed E-state index contributed by atoms with van der Waals surface area (Å²) in [4.78, 5) is 4.04. The van der Waals surface area contributed by atoms with Crippen molar-refractivity contribution in [3.05, 3.63) is 23.4 Å². The largest absolute Gasteiger partial charge is 0.385 e. The summed E-state index contributed by atoms with van der Waals surface area (Å²) in [7, 11) is 0. The van der Waals surface area contributed by atoms with E-state index in [-0.39, 0.29) is 5.92 Å². The Hall–Kier alpha value is -1.09. The fourth-order valence-corrected chi connectivity index (χ4v) is 1.88. The molecule has 2 atom stereocenters. The molecule has 0 radical (unpaired) electrons. The minimum Gasteiger partial charge on any atom is -0.385 e. The first-order valence-electron chi connectivity index (χ1n) is 5.35. The van der Waals surface area contributed by atoms with E-state index in [1.165, 1.54) is 0 Å². The molecule has 1 heterocycles. The van der Waals surface area contributed by atoms with Crippen molar-refractivity contribution in [3.8, 4) is 0 Å². The van der Waals surface area contributed by atoms with Gasteiger partial charge in [0.15, 0.2) is 0 Å². The number of hydrogen-bond donors (Lipinski definition) is 2. The molecular weight excluding hydrogens is 188 g/mol. The standard InChI is InChI=1S/C12H20N2O/c1-5-9(3)12(4,15)10-8(2)6-7-14-11(10)13/h6-7,9,15H,5H2,1-4H3,(H2,13,14). The van der Waals surface area contributed by atoms with E-state index in [2.05, 4.69) is 11.9 Å². The fourth-order valence-electron chi connectivity index (χ4n) is 1.88. The number of nitrogen functional groups attached to an aromatic ring is 1. The molecule has 15 heavy (non-hydrogen) atoms. The van der Waals surface area contributed by atoms with Crippen LogP contribution in [0.4, 0.5) is 5.82 Å². The minimum absolute atomic E-state index is 0.155. The summed E-state index contributed by atoms with van der Waals surface area (Å²) >= 11 is 0. The topological polar surface area (TPSA) is 59.1 Å². The maximum atomic E-state index is 10.5. The van der Waals surface area contributed by atoms with Gasteiger partial charge in [-0.15, -0.1) is 0 Å². The second kappa shape index (κ2) is 4.19. The molecule has 3 heteroatoms. The second-order valence-electron chi connectivity index (χ2n) is 4.34. The molecule has 3 N–H and O–H groups in total. The molecule has 0 amide bonds. The summed E-state index contributed by atoms with van der Waals surface area (Å²) in [5.41, 5.74) is 6.68. The summed E-state index contributed by atoms with van der Waals surface area (Å²) in [6.07, 6.45) is 2.57. The molecule has 2 unspecified atom stereocenters. The van der Waals surface area contributed by atoms with Crippen LogP contribution < -0.4 is 5.73 Å². The molecule has 3 nitrogen and oxygen atoms in total. The molecule has 0 bridgehead atoms. The van der Waals surface area contributed by atoms with Crippen molar-refractivity contribution < 1.29 is 5.11 Å². The zero-order valence-corrected chi connectivity index (χ0v) is 9.91. The Bertz CT molecular complexity index is 327. The van der Waals surface area contributed by atoms with Crippen LogP contribution in [0.15, 0.2) is 12.3 Å². The molecule has 0 spiro atoms. The summed E-state index contributed by atoms with van der Waals surface area (Å²) in [6, 6.07) is 1.88. The Morgan fingerprint density at radius 1 is 1.60 bits per heavy atom. The highest BCUT2D eigenvalue weighted by Gasteiger charge is 2.32. The summed E-state index contributed by atoms with van der Waals surface area (Å²) < 4.78 is 0. The molecule has 1 aromatic rings. The first-order valence-corrected chi connectivity index (χ1v) is 5.35. The van der Waals surface area contributed by atoms with Gasteiger partial charge in [0.05, 0.1) is 5.60 Å². The molecule has 0 aliphatic rings. The van der Waals surface area contributed by atoms with Crippen LogP contribution in [0.3, 0.4) is 0 Å². The van der Waals surface area contributed by atoms with Crippen LogP contribution in [-0.2, 0) is 5.60 Å². The van der Waals surface area contributed by atoms with Gasteiger partial charge in [-0.25, -0.2) is 4.98 Å². The monoisotopic (exact) mass is 208 g/mol. The third kappa shape index (κ3) is 2.12. The number of anilines is 1. The number of hydrogen-bond acceptors (Lipinski definition) is 3. The van der Waals surface area contributed by atoms with Crippen molar-refractivity contribution in [1.29, 1.82) is 0 Å². The van der Waals surface area contributed by atoms with Gasteiger partial charge >= 0.3 is 0 Å². The highest BCUT2D eigenvalue weighted by Crippen LogP contribution is 2.35. The second-order valence-corrected chi connectivity index (χ2v) is 4.34. The summed E-state index contributed by atoms with van der Waals surface area (Å²) in [5, 5.41) is 10.5. The van der Waals surface area contributed by atoms with E-state index in [9.17, 15) is 5.11 Å². The van der Waals surface area contributed by atoms with E-state index in [1.54, 1.807) is 6.20 Å². The average molecular weight is 208 g/mol. The first kappa shape index (κ1) is 12.0. The molecular formula is C12H20N2O. The van der Waals surface area contributed by atoms with Gasteiger partial charge in [-0.1, -0.05) is 20.3 Å². The third-order valence-electron chi connectivity index (χ3n) is 3.27. The Balaban J connectivity index is 3.25. The molecule has 0 saturated carbocycles. The Kier molecular flexibility index (Phi) is 3.35. The summed E-state index contributed by atoms with van der Waals surface area (Å²) in [6.45, 7) is 7.83. The number of pyridine rings is 1. The first-order chi connectivity index (χ1) is 6.91. The Labute approximate surface area is 91.3 Å². The maximum Gasteiger partial charge on any atom is 0.129 e. The molecule has 0 aromatic carbocycles. The van der Waals surface area contributed by atoms with Crippen LogP contribution >= 0.6 is 0 Å². The number of aliphatic hydroxyl groups is 1. The van der Waals surface area contributed by atoms with Crippen molar-refractivity contribution in [2.75, 3.05) is 5.73 Å². The van der Waals surface area contributed by atoms with Gasteiger partial charge < -0.3 is 10.8 Å². The molecule has 0 fully saturated rings. The summed E-state index contributed by atoms with van der Waals surface area (Å²) in [5.74, 6) is 0.586. The molecule has 0 aliphatic heterocycles. The van der Waals surface area contributed by atoms with E-state index in [0.717, 1.165) is 17.5 Å². The van der Waals surface area contributed by atoms with Gasteiger partial charge in [0.1, 0.15) is 5.82 Å². The highest BCUT2D eigenvalue weighted by molar-refractivity contribution is 5.47. The lowest BCUT2D eigenvalue weighted by Gasteiger charge is -2.32. The van der Waals surface area contributed by atoms with E-state index in [1.807, 2.05) is 26.8 Å². The van der Waals surface area contributed by atoms with Gasteiger partial charge in [-0.05, 0) is 31.4 Å². The fraction of sp³-hybridized carbons (Fsp3) is 0.583. The van der Waals surface area contributed by atoms with E-state index in [0.29, 0.717) is 5.82 Å². The number of rotatable bonds is 3. The third-order valence-corrected chi connectivity index (χ3v) is 3.27. The van der Waals surface area contributed by atoms with Crippen LogP contribution in [0.25, 0.3) is 0 Å². The van der Waals surface area contributed by atoms with Crippen LogP contribution in [0.1, 0.15) is 38.3 Å². The van der Waals surface area contributed by atoms with Gasteiger partial charge in [-0.2, -0.15) is 0 Å². The SMILES string of the molecule is CCC(C)C(C)(O)c1c(C)ccnc1N. The van der Waals surface area contributed by atoms with Crippen LogP contribution in [0, 0.1) is 12.8 Å². The lowest BCUT2D eigenvalue weighted by atomic mass is 9.81. The van der Waals surface area contributed by atoms with Crippen molar-refractivity contribution in [2.24, 2.45) is 5.92 Å². The predicted molar refractivity (Wildman–Crippen MR) is 62.4 cm³/mol. The van der Waals surface area contributed by atoms with Gasteiger partial charge in [-0.3, -0.25) is 0 Å². The molecule has 0 aliphatic carbocycles. The number of nitrogens with zero attached hydrogens (tertiary/aromatic N) is 1. The van der Waals surface area contributed by atoms with Crippen LogP contribution in [0.5, 0.6) is 0 Å². The molecule has 84 valence electrons. The van der Waals surface area contributed by atoms with Crippen LogP contribution in [0.2, 0.25) is 0 Å². The van der Waals surface area contributed by atoms with Crippen molar-refractivity contribution in [2.45, 2.75) is 39.7 Å².